The van der Waals surface area contributed by atoms with Crippen molar-refractivity contribution < 1.29 is 28.2 Å². The highest BCUT2D eigenvalue weighted by molar-refractivity contribution is 6.33. The van der Waals surface area contributed by atoms with Crippen molar-refractivity contribution in [2.24, 2.45) is 4.99 Å². The summed E-state index contributed by atoms with van der Waals surface area (Å²) in [5.41, 5.74) is 2.49. The number of carbonyl (C=O) groups excluding carboxylic acids is 2. The lowest BCUT2D eigenvalue weighted by Gasteiger charge is -2.12. The number of halogens is 1. The van der Waals surface area contributed by atoms with E-state index in [1.165, 1.54) is 14.2 Å². The summed E-state index contributed by atoms with van der Waals surface area (Å²) in [6.07, 6.45) is 1.83. The number of anilines is 1. The molecule has 2 aromatic heterocycles. The van der Waals surface area contributed by atoms with Crippen LogP contribution < -0.4 is 20.3 Å². The third kappa shape index (κ3) is 5.78. The van der Waals surface area contributed by atoms with Crippen molar-refractivity contribution in [1.82, 2.24) is 4.98 Å². The van der Waals surface area contributed by atoms with Crippen molar-refractivity contribution in [2.75, 3.05) is 19.5 Å². The number of carbonyl (C=O) groups is 2. The second-order valence-corrected chi connectivity index (χ2v) is 8.58. The summed E-state index contributed by atoms with van der Waals surface area (Å²) in [7, 11) is 3.05. The van der Waals surface area contributed by atoms with Crippen molar-refractivity contribution in [1.29, 1.82) is 0 Å². The monoisotopic (exact) mass is 535 g/mol. The Labute approximate surface area is 224 Å². The minimum Gasteiger partial charge on any atom is -0.497 e. The Morgan fingerprint density at radius 3 is 2.61 bits per heavy atom. The molecular formula is C28H26ClN3O6. The van der Waals surface area contributed by atoms with Crippen LogP contribution in [0.5, 0.6) is 11.5 Å². The van der Waals surface area contributed by atoms with Crippen molar-refractivity contribution in [2.45, 2.75) is 26.9 Å². The zero-order valence-corrected chi connectivity index (χ0v) is 22.1. The van der Waals surface area contributed by atoms with Gasteiger partial charge in [-0.3, -0.25) is 14.6 Å². The SMILES string of the molecule is CCC(=O)OCc1cnc(C)c2oc(=Nc3cc(OC)ccc3OC)c(C(=O)Nc3ccccc3Cl)cc12. The molecule has 1 amide bonds. The Kier molecular flexibility index (Phi) is 8.28. The van der Waals surface area contributed by atoms with Gasteiger partial charge in [-0.05, 0) is 37.3 Å². The summed E-state index contributed by atoms with van der Waals surface area (Å²) in [6.45, 7) is 3.45. The number of para-hydroxylation sites is 1. The molecule has 10 heteroatoms. The highest BCUT2D eigenvalue weighted by Gasteiger charge is 2.19. The number of nitrogens with zero attached hydrogens (tertiary/aromatic N) is 2. The fourth-order valence-electron chi connectivity index (χ4n) is 3.66. The quantitative estimate of drug-likeness (QED) is 0.286. The molecule has 2 heterocycles. The first kappa shape index (κ1) is 26.7. The number of aromatic nitrogens is 1. The van der Waals surface area contributed by atoms with Gasteiger partial charge < -0.3 is 23.9 Å². The molecule has 0 spiro atoms. The maximum atomic E-state index is 13.6. The van der Waals surface area contributed by atoms with Gasteiger partial charge in [0.1, 0.15) is 29.4 Å². The van der Waals surface area contributed by atoms with Crippen molar-refractivity contribution in [3.05, 3.63) is 82.1 Å². The topological polar surface area (TPSA) is 112 Å². The van der Waals surface area contributed by atoms with E-state index in [4.69, 9.17) is 30.2 Å². The minimum atomic E-state index is -0.504. The van der Waals surface area contributed by atoms with E-state index in [1.54, 1.807) is 68.6 Å². The van der Waals surface area contributed by atoms with Crippen LogP contribution in [-0.4, -0.2) is 31.1 Å². The molecular weight excluding hydrogens is 510 g/mol. The fourth-order valence-corrected chi connectivity index (χ4v) is 3.84. The third-order valence-electron chi connectivity index (χ3n) is 5.70. The molecule has 0 aliphatic rings. The van der Waals surface area contributed by atoms with Gasteiger partial charge in [0.05, 0.1) is 30.6 Å². The fraction of sp³-hybridized carbons (Fsp3) is 0.214. The molecule has 0 radical (unpaired) electrons. The Balaban J connectivity index is 1.95. The lowest BCUT2D eigenvalue weighted by molar-refractivity contribution is -0.144. The standard InChI is InChI=1S/C28H26ClN3O6/c1-5-25(33)37-15-17-14-30-16(2)26-19(17)13-20(27(34)31-22-9-7-6-8-21(22)29)28(38-26)32-23-12-18(35-3)10-11-24(23)36-4/h6-14H,5,15H2,1-4H3,(H,31,34). The molecule has 0 atom stereocenters. The third-order valence-corrected chi connectivity index (χ3v) is 6.03. The van der Waals surface area contributed by atoms with E-state index in [2.05, 4.69) is 15.3 Å². The van der Waals surface area contributed by atoms with Gasteiger partial charge in [-0.15, -0.1) is 0 Å². The summed E-state index contributed by atoms with van der Waals surface area (Å²) >= 11 is 6.28. The molecule has 4 aromatic rings. The van der Waals surface area contributed by atoms with Crippen LogP contribution in [0.1, 0.15) is 35.0 Å². The number of esters is 1. The molecule has 0 unspecified atom stereocenters. The number of nitrogens with one attached hydrogen (secondary N) is 1. The summed E-state index contributed by atoms with van der Waals surface area (Å²) in [5.74, 6) is 0.137. The number of ether oxygens (including phenoxy) is 3. The Hall–Kier alpha value is -4.37. The van der Waals surface area contributed by atoms with Crippen LogP contribution in [0.25, 0.3) is 11.0 Å². The number of rotatable bonds is 8. The largest absolute Gasteiger partial charge is 0.497 e. The summed E-state index contributed by atoms with van der Waals surface area (Å²) in [6, 6.07) is 13.6. The van der Waals surface area contributed by atoms with Crippen molar-refractivity contribution >= 4 is 45.8 Å². The number of hydrogen-bond donors (Lipinski definition) is 1. The number of methoxy groups -OCH3 is 2. The molecule has 0 fully saturated rings. The van der Waals surface area contributed by atoms with E-state index < -0.39 is 5.91 Å². The van der Waals surface area contributed by atoms with Crippen LogP contribution >= 0.6 is 11.6 Å². The Bertz CT molecular complexity index is 1580. The van der Waals surface area contributed by atoms with Crippen molar-refractivity contribution in [3.63, 3.8) is 0 Å². The molecule has 0 aliphatic carbocycles. The smallest absolute Gasteiger partial charge is 0.305 e. The van der Waals surface area contributed by atoms with Gasteiger partial charge in [0.25, 0.3) is 5.91 Å². The Morgan fingerprint density at radius 1 is 1.11 bits per heavy atom. The summed E-state index contributed by atoms with van der Waals surface area (Å²) < 4.78 is 22.3. The average Bonchev–Trinajstić information content (AvgIpc) is 2.93. The zero-order chi connectivity index (χ0) is 27.2. The van der Waals surface area contributed by atoms with Crippen LogP contribution in [0.4, 0.5) is 11.4 Å². The van der Waals surface area contributed by atoms with E-state index >= 15 is 0 Å². The van der Waals surface area contributed by atoms with Crippen molar-refractivity contribution in [3.8, 4) is 11.5 Å². The van der Waals surface area contributed by atoms with Gasteiger partial charge in [0.2, 0.25) is 5.55 Å². The first-order valence-corrected chi connectivity index (χ1v) is 12.1. The molecule has 0 saturated heterocycles. The molecule has 2 aromatic carbocycles. The maximum Gasteiger partial charge on any atom is 0.305 e. The van der Waals surface area contributed by atoms with Crippen LogP contribution in [-0.2, 0) is 16.1 Å². The number of pyridine rings is 1. The van der Waals surface area contributed by atoms with Gasteiger partial charge in [-0.1, -0.05) is 30.7 Å². The highest BCUT2D eigenvalue weighted by Crippen LogP contribution is 2.31. The van der Waals surface area contributed by atoms with Gasteiger partial charge >= 0.3 is 5.97 Å². The lowest BCUT2D eigenvalue weighted by atomic mass is 10.1. The average molecular weight is 536 g/mol. The predicted molar refractivity (Wildman–Crippen MR) is 143 cm³/mol. The summed E-state index contributed by atoms with van der Waals surface area (Å²) in [5, 5.41) is 3.75. The van der Waals surface area contributed by atoms with E-state index in [9.17, 15) is 9.59 Å². The molecule has 0 bridgehead atoms. The minimum absolute atomic E-state index is 0.0150. The van der Waals surface area contributed by atoms with E-state index in [1.807, 2.05) is 0 Å². The molecule has 1 N–H and O–H groups in total. The van der Waals surface area contributed by atoms with Gasteiger partial charge in [0.15, 0.2) is 5.58 Å². The number of hydrogen-bond acceptors (Lipinski definition) is 8. The zero-order valence-electron chi connectivity index (χ0n) is 21.3. The van der Waals surface area contributed by atoms with Crippen LogP contribution in [0, 0.1) is 6.92 Å². The normalized spacial score (nSPS) is 11.3. The molecule has 0 aliphatic heterocycles. The lowest BCUT2D eigenvalue weighted by Crippen LogP contribution is -2.22. The molecule has 38 heavy (non-hydrogen) atoms. The predicted octanol–water partition coefficient (Wildman–Crippen LogP) is 5.74. The highest BCUT2D eigenvalue weighted by atomic mass is 35.5. The van der Waals surface area contributed by atoms with Crippen LogP contribution in [0.15, 0.2) is 64.1 Å². The molecule has 9 nitrogen and oxygen atoms in total. The van der Waals surface area contributed by atoms with Crippen LogP contribution in [0.3, 0.4) is 0 Å². The van der Waals surface area contributed by atoms with E-state index in [-0.39, 0.29) is 30.1 Å². The maximum absolute atomic E-state index is 13.6. The first-order chi connectivity index (χ1) is 18.3. The van der Waals surface area contributed by atoms with Crippen LogP contribution in [0.2, 0.25) is 5.02 Å². The number of amides is 1. The van der Waals surface area contributed by atoms with Gasteiger partial charge in [0, 0.05) is 29.6 Å². The van der Waals surface area contributed by atoms with Gasteiger partial charge in [-0.25, -0.2) is 4.99 Å². The molecule has 4 rings (SSSR count). The van der Waals surface area contributed by atoms with E-state index in [0.717, 1.165) is 0 Å². The molecule has 0 saturated carbocycles. The second kappa shape index (κ2) is 11.8. The Morgan fingerprint density at radius 2 is 1.89 bits per heavy atom. The number of fused-ring (bicyclic) bond motifs is 1. The number of benzene rings is 2. The summed E-state index contributed by atoms with van der Waals surface area (Å²) in [4.78, 5) is 34.4. The first-order valence-electron chi connectivity index (χ1n) is 11.7. The van der Waals surface area contributed by atoms with Gasteiger partial charge in [-0.2, -0.15) is 0 Å². The number of aryl methyl sites for hydroxylation is 1. The molecule has 196 valence electrons. The van der Waals surface area contributed by atoms with E-state index in [0.29, 0.717) is 50.1 Å². The second-order valence-electron chi connectivity index (χ2n) is 8.17.